The van der Waals surface area contributed by atoms with Gasteiger partial charge in [0.2, 0.25) is 0 Å². The number of aliphatic carboxylic acids is 1. The van der Waals surface area contributed by atoms with Crippen LogP contribution in [0.1, 0.15) is 23.7 Å². The first-order valence-electron chi connectivity index (χ1n) is 6.87. The number of carbonyl (C=O) groups is 2. The highest BCUT2D eigenvalue weighted by Gasteiger charge is 2.42. The number of amides is 1. The van der Waals surface area contributed by atoms with Gasteiger partial charge in [-0.3, -0.25) is 14.6 Å². The first-order chi connectivity index (χ1) is 10.0. The number of hydrogen-bond donors (Lipinski definition) is 1. The molecule has 0 aliphatic carbocycles. The number of benzene rings is 1. The Morgan fingerprint density at radius 2 is 2.05 bits per heavy atom. The number of fused-ring (bicyclic) bond motifs is 1. The first-order valence-corrected chi connectivity index (χ1v) is 6.87. The summed E-state index contributed by atoms with van der Waals surface area (Å²) in [5, 5.41) is 11.0. The summed E-state index contributed by atoms with van der Waals surface area (Å²) in [5.74, 6) is -1.00. The average Bonchev–Trinajstić information content (AvgIpc) is 2.90. The second kappa shape index (κ2) is 4.84. The SMILES string of the molecule is CC1(C(=O)O)CCN(C(=O)c2cncc3ccccc23)C1. The summed E-state index contributed by atoms with van der Waals surface area (Å²) >= 11 is 0. The molecule has 1 amide bonds. The Kier molecular flexibility index (Phi) is 3.12. The second-order valence-electron chi connectivity index (χ2n) is 5.75. The van der Waals surface area contributed by atoms with Crippen LogP contribution in [0.15, 0.2) is 36.7 Å². The summed E-state index contributed by atoms with van der Waals surface area (Å²) in [4.78, 5) is 29.7. The molecular weight excluding hydrogens is 268 g/mol. The van der Waals surface area contributed by atoms with Gasteiger partial charge in [0, 0.05) is 30.9 Å². The van der Waals surface area contributed by atoms with Crippen molar-refractivity contribution < 1.29 is 14.7 Å². The lowest BCUT2D eigenvalue weighted by Crippen LogP contribution is -2.35. The van der Waals surface area contributed by atoms with Crippen molar-refractivity contribution in [3.05, 3.63) is 42.2 Å². The van der Waals surface area contributed by atoms with Gasteiger partial charge in [-0.1, -0.05) is 24.3 Å². The summed E-state index contributed by atoms with van der Waals surface area (Å²) in [7, 11) is 0. The lowest BCUT2D eigenvalue weighted by Gasteiger charge is -2.20. The van der Waals surface area contributed by atoms with Crippen LogP contribution < -0.4 is 0 Å². The minimum Gasteiger partial charge on any atom is -0.481 e. The van der Waals surface area contributed by atoms with Gasteiger partial charge in [-0.25, -0.2) is 0 Å². The number of carboxylic acid groups (broad SMARTS) is 1. The molecule has 2 heterocycles. The van der Waals surface area contributed by atoms with Gasteiger partial charge in [0.05, 0.1) is 11.0 Å². The van der Waals surface area contributed by atoms with Gasteiger partial charge in [-0.05, 0) is 18.7 Å². The maximum absolute atomic E-state index is 12.7. The Labute approximate surface area is 122 Å². The van der Waals surface area contributed by atoms with E-state index in [2.05, 4.69) is 4.98 Å². The van der Waals surface area contributed by atoms with Crippen LogP contribution in [0, 0.1) is 5.41 Å². The van der Waals surface area contributed by atoms with Crippen molar-refractivity contribution in [3.8, 4) is 0 Å². The normalized spacial score (nSPS) is 21.7. The lowest BCUT2D eigenvalue weighted by molar-refractivity contribution is -0.147. The average molecular weight is 284 g/mol. The highest BCUT2D eigenvalue weighted by molar-refractivity contribution is 6.06. The van der Waals surface area contributed by atoms with Crippen LogP contribution >= 0.6 is 0 Å². The van der Waals surface area contributed by atoms with Crippen LogP contribution in [0.25, 0.3) is 10.8 Å². The molecule has 5 nitrogen and oxygen atoms in total. The van der Waals surface area contributed by atoms with E-state index < -0.39 is 11.4 Å². The molecule has 1 saturated heterocycles. The summed E-state index contributed by atoms with van der Waals surface area (Å²) in [6.07, 6.45) is 3.75. The maximum Gasteiger partial charge on any atom is 0.311 e. The van der Waals surface area contributed by atoms with Gasteiger partial charge in [0.15, 0.2) is 0 Å². The van der Waals surface area contributed by atoms with Crippen molar-refractivity contribution in [3.63, 3.8) is 0 Å². The van der Waals surface area contributed by atoms with Crippen LogP contribution in [0.4, 0.5) is 0 Å². The third kappa shape index (κ3) is 2.24. The summed E-state index contributed by atoms with van der Waals surface area (Å²) in [6.45, 7) is 2.39. The number of aromatic nitrogens is 1. The topological polar surface area (TPSA) is 70.5 Å². The Bertz CT molecular complexity index is 723. The fraction of sp³-hybridized carbons (Fsp3) is 0.312. The smallest absolute Gasteiger partial charge is 0.311 e. The zero-order chi connectivity index (χ0) is 15.0. The van der Waals surface area contributed by atoms with Crippen molar-refractivity contribution in [1.29, 1.82) is 0 Å². The van der Waals surface area contributed by atoms with Gasteiger partial charge in [0.1, 0.15) is 0 Å². The molecule has 1 aromatic heterocycles. The molecule has 1 aliphatic heterocycles. The van der Waals surface area contributed by atoms with Crippen LogP contribution in [0.5, 0.6) is 0 Å². The molecule has 5 heteroatoms. The van der Waals surface area contributed by atoms with Crippen molar-refractivity contribution in [2.75, 3.05) is 13.1 Å². The van der Waals surface area contributed by atoms with Gasteiger partial charge < -0.3 is 10.0 Å². The van der Waals surface area contributed by atoms with E-state index in [1.54, 1.807) is 24.2 Å². The molecule has 0 radical (unpaired) electrons. The highest BCUT2D eigenvalue weighted by atomic mass is 16.4. The van der Waals surface area contributed by atoms with Crippen molar-refractivity contribution in [2.24, 2.45) is 5.41 Å². The molecule has 108 valence electrons. The fourth-order valence-electron chi connectivity index (χ4n) is 2.77. The first kappa shape index (κ1) is 13.5. The number of rotatable bonds is 2. The predicted molar refractivity (Wildman–Crippen MR) is 78.0 cm³/mol. The van der Waals surface area contributed by atoms with E-state index in [1.807, 2.05) is 24.3 Å². The van der Waals surface area contributed by atoms with Gasteiger partial charge in [0.25, 0.3) is 5.91 Å². The van der Waals surface area contributed by atoms with Gasteiger partial charge in [-0.2, -0.15) is 0 Å². The Hall–Kier alpha value is -2.43. The Morgan fingerprint density at radius 1 is 1.29 bits per heavy atom. The molecule has 0 bridgehead atoms. The molecule has 1 atom stereocenters. The Morgan fingerprint density at radius 3 is 2.76 bits per heavy atom. The van der Waals surface area contributed by atoms with Crippen LogP contribution in [-0.2, 0) is 4.79 Å². The number of pyridine rings is 1. The summed E-state index contributed by atoms with van der Waals surface area (Å²) in [6, 6.07) is 7.57. The molecule has 1 unspecified atom stereocenters. The molecule has 0 saturated carbocycles. The van der Waals surface area contributed by atoms with Crippen LogP contribution in [0.3, 0.4) is 0 Å². The van der Waals surface area contributed by atoms with E-state index in [-0.39, 0.29) is 12.5 Å². The van der Waals surface area contributed by atoms with E-state index >= 15 is 0 Å². The van der Waals surface area contributed by atoms with Crippen molar-refractivity contribution in [1.82, 2.24) is 9.88 Å². The number of hydrogen-bond acceptors (Lipinski definition) is 3. The summed E-state index contributed by atoms with van der Waals surface area (Å²) in [5.41, 5.74) is -0.323. The molecule has 1 fully saturated rings. The highest BCUT2D eigenvalue weighted by Crippen LogP contribution is 2.31. The van der Waals surface area contributed by atoms with Crippen molar-refractivity contribution >= 4 is 22.6 Å². The number of carbonyl (C=O) groups excluding carboxylic acids is 1. The zero-order valence-corrected chi connectivity index (χ0v) is 11.7. The van der Waals surface area contributed by atoms with E-state index in [1.165, 1.54) is 0 Å². The maximum atomic E-state index is 12.7. The molecule has 1 aromatic carbocycles. The van der Waals surface area contributed by atoms with Crippen LogP contribution in [-0.4, -0.2) is 40.0 Å². The number of likely N-dealkylation sites (tertiary alicyclic amines) is 1. The van der Waals surface area contributed by atoms with E-state index in [9.17, 15) is 14.7 Å². The molecule has 0 spiro atoms. The van der Waals surface area contributed by atoms with Gasteiger partial charge in [-0.15, -0.1) is 0 Å². The van der Waals surface area contributed by atoms with Gasteiger partial charge >= 0.3 is 5.97 Å². The molecular formula is C16H16N2O3. The molecule has 1 N–H and O–H groups in total. The van der Waals surface area contributed by atoms with Crippen molar-refractivity contribution in [2.45, 2.75) is 13.3 Å². The van der Waals surface area contributed by atoms with Crippen LogP contribution in [0.2, 0.25) is 0 Å². The standard InChI is InChI=1S/C16H16N2O3/c1-16(15(20)21)6-7-18(10-16)14(19)13-9-17-8-11-4-2-3-5-12(11)13/h2-5,8-9H,6-7,10H2,1H3,(H,20,21). The molecule has 3 rings (SSSR count). The monoisotopic (exact) mass is 284 g/mol. The molecule has 1 aliphatic rings. The van der Waals surface area contributed by atoms with E-state index in [0.717, 1.165) is 10.8 Å². The second-order valence-corrected chi connectivity index (χ2v) is 5.75. The molecule has 2 aromatic rings. The largest absolute Gasteiger partial charge is 0.481 e. The number of carboxylic acids is 1. The lowest BCUT2D eigenvalue weighted by atomic mass is 9.90. The third-order valence-electron chi connectivity index (χ3n) is 4.18. The Balaban J connectivity index is 1.94. The minimum atomic E-state index is -0.853. The third-order valence-corrected chi connectivity index (χ3v) is 4.18. The van der Waals surface area contributed by atoms with E-state index in [4.69, 9.17) is 0 Å². The minimum absolute atomic E-state index is 0.149. The van der Waals surface area contributed by atoms with E-state index in [0.29, 0.717) is 18.5 Å². The zero-order valence-electron chi connectivity index (χ0n) is 11.7. The quantitative estimate of drug-likeness (QED) is 0.917. The molecule has 21 heavy (non-hydrogen) atoms. The summed E-state index contributed by atoms with van der Waals surface area (Å²) < 4.78 is 0. The fourth-order valence-corrected chi connectivity index (χ4v) is 2.77. The number of nitrogens with zero attached hydrogens (tertiary/aromatic N) is 2. The predicted octanol–water partition coefficient (Wildman–Crippen LogP) is 2.17.